The van der Waals surface area contributed by atoms with Crippen LogP contribution in [-0.2, 0) is 19.1 Å². The number of hydrogen-bond acceptors (Lipinski definition) is 5. The molecule has 0 unspecified atom stereocenters. The standard InChI is InChI=1S/C15H25N3O5/c1-10(2)16-15(22)17-14(21)11(3)23-13(20)9-18-8-6-4-5-7-12(18)19/h10-11H,4-9H2,1-3H3,(H2,16,17,21,22)/t11-/m1/s1. The third-order valence-electron chi connectivity index (χ3n) is 3.33. The number of esters is 1. The van der Waals surface area contributed by atoms with Crippen molar-refractivity contribution >= 4 is 23.8 Å². The Labute approximate surface area is 135 Å². The van der Waals surface area contributed by atoms with E-state index in [9.17, 15) is 19.2 Å². The van der Waals surface area contributed by atoms with Crippen molar-refractivity contribution in [2.24, 2.45) is 0 Å². The van der Waals surface area contributed by atoms with Gasteiger partial charge in [-0.25, -0.2) is 4.79 Å². The maximum atomic E-state index is 11.9. The number of hydrogen-bond donors (Lipinski definition) is 2. The molecule has 1 rings (SSSR count). The van der Waals surface area contributed by atoms with Crippen LogP contribution in [0.1, 0.15) is 46.5 Å². The van der Waals surface area contributed by atoms with Crippen molar-refractivity contribution in [3.63, 3.8) is 0 Å². The first-order valence-electron chi connectivity index (χ1n) is 7.88. The van der Waals surface area contributed by atoms with E-state index >= 15 is 0 Å². The van der Waals surface area contributed by atoms with E-state index in [1.54, 1.807) is 13.8 Å². The van der Waals surface area contributed by atoms with E-state index in [1.165, 1.54) is 11.8 Å². The Morgan fingerprint density at radius 3 is 2.52 bits per heavy atom. The van der Waals surface area contributed by atoms with Crippen LogP contribution in [-0.4, -0.2) is 54.0 Å². The third-order valence-corrected chi connectivity index (χ3v) is 3.33. The van der Waals surface area contributed by atoms with Gasteiger partial charge in [0.2, 0.25) is 5.91 Å². The van der Waals surface area contributed by atoms with Crippen molar-refractivity contribution in [1.29, 1.82) is 0 Å². The van der Waals surface area contributed by atoms with Crippen LogP contribution in [0.4, 0.5) is 4.79 Å². The predicted molar refractivity (Wildman–Crippen MR) is 82.4 cm³/mol. The van der Waals surface area contributed by atoms with Gasteiger partial charge in [-0.3, -0.25) is 19.7 Å². The largest absolute Gasteiger partial charge is 0.451 e. The maximum absolute atomic E-state index is 11.9. The SMILES string of the molecule is CC(C)NC(=O)NC(=O)[C@@H](C)OC(=O)CN1CCCCCC1=O. The van der Waals surface area contributed by atoms with Gasteiger partial charge in [0.25, 0.3) is 5.91 Å². The number of rotatable bonds is 5. The average molecular weight is 327 g/mol. The van der Waals surface area contributed by atoms with E-state index < -0.39 is 24.0 Å². The summed E-state index contributed by atoms with van der Waals surface area (Å²) >= 11 is 0. The normalized spacial score (nSPS) is 16.5. The molecular formula is C15H25N3O5. The van der Waals surface area contributed by atoms with Crippen molar-refractivity contribution in [1.82, 2.24) is 15.5 Å². The van der Waals surface area contributed by atoms with Gasteiger partial charge >= 0.3 is 12.0 Å². The Morgan fingerprint density at radius 1 is 1.17 bits per heavy atom. The number of imide groups is 1. The highest BCUT2D eigenvalue weighted by molar-refractivity contribution is 5.97. The van der Waals surface area contributed by atoms with E-state index in [1.807, 2.05) is 0 Å². The molecule has 0 aromatic carbocycles. The zero-order valence-electron chi connectivity index (χ0n) is 13.9. The summed E-state index contributed by atoms with van der Waals surface area (Å²) in [6.07, 6.45) is 1.96. The number of nitrogens with one attached hydrogen (secondary N) is 2. The van der Waals surface area contributed by atoms with E-state index in [2.05, 4.69) is 10.6 Å². The lowest BCUT2D eigenvalue weighted by atomic mass is 10.2. The molecule has 23 heavy (non-hydrogen) atoms. The van der Waals surface area contributed by atoms with Crippen LogP contribution in [0.15, 0.2) is 0 Å². The summed E-state index contributed by atoms with van der Waals surface area (Å²) in [5.41, 5.74) is 0. The summed E-state index contributed by atoms with van der Waals surface area (Å²) in [6.45, 7) is 5.23. The van der Waals surface area contributed by atoms with Crippen molar-refractivity contribution in [3.05, 3.63) is 0 Å². The fraction of sp³-hybridized carbons (Fsp3) is 0.733. The summed E-state index contributed by atoms with van der Waals surface area (Å²) in [4.78, 5) is 48.3. The van der Waals surface area contributed by atoms with Gasteiger partial charge in [0.15, 0.2) is 6.10 Å². The number of nitrogens with zero attached hydrogens (tertiary/aromatic N) is 1. The van der Waals surface area contributed by atoms with Gasteiger partial charge in [0.1, 0.15) is 6.54 Å². The smallest absolute Gasteiger partial charge is 0.326 e. The molecule has 4 amide bonds. The monoisotopic (exact) mass is 327 g/mol. The van der Waals surface area contributed by atoms with Crippen LogP contribution in [0.5, 0.6) is 0 Å². The number of amides is 4. The number of likely N-dealkylation sites (tertiary alicyclic amines) is 1. The molecule has 0 radical (unpaired) electrons. The van der Waals surface area contributed by atoms with Gasteiger partial charge in [0, 0.05) is 19.0 Å². The van der Waals surface area contributed by atoms with E-state index in [-0.39, 0.29) is 18.5 Å². The first-order valence-corrected chi connectivity index (χ1v) is 7.88. The van der Waals surface area contributed by atoms with Gasteiger partial charge < -0.3 is 15.0 Å². The lowest BCUT2D eigenvalue weighted by Gasteiger charge is -2.20. The Kier molecular flexibility index (Phi) is 7.50. The minimum Gasteiger partial charge on any atom is -0.451 e. The number of carbonyl (C=O) groups is 4. The molecule has 8 heteroatoms. The molecule has 1 saturated heterocycles. The molecular weight excluding hydrogens is 302 g/mol. The molecule has 1 atom stereocenters. The van der Waals surface area contributed by atoms with Crippen LogP contribution in [0.3, 0.4) is 0 Å². The van der Waals surface area contributed by atoms with Gasteiger partial charge in [0.05, 0.1) is 0 Å². The molecule has 0 aliphatic carbocycles. The third kappa shape index (κ3) is 7.12. The van der Waals surface area contributed by atoms with Crippen molar-refractivity contribution in [3.8, 4) is 0 Å². The Bertz CT molecular complexity index is 464. The van der Waals surface area contributed by atoms with Gasteiger partial charge in [-0.05, 0) is 33.6 Å². The van der Waals surface area contributed by atoms with Crippen molar-refractivity contribution in [2.45, 2.75) is 58.6 Å². The van der Waals surface area contributed by atoms with Crippen LogP contribution in [0.25, 0.3) is 0 Å². The number of carbonyl (C=O) groups excluding carboxylic acids is 4. The fourth-order valence-electron chi connectivity index (χ4n) is 2.16. The minimum atomic E-state index is -1.11. The van der Waals surface area contributed by atoms with Gasteiger partial charge in [-0.2, -0.15) is 0 Å². The van der Waals surface area contributed by atoms with Crippen LogP contribution >= 0.6 is 0 Å². The topological polar surface area (TPSA) is 105 Å². The Morgan fingerprint density at radius 2 is 1.87 bits per heavy atom. The highest BCUT2D eigenvalue weighted by Crippen LogP contribution is 2.11. The molecule has 1 fully saturated rings. The molecule has 0 spiro atoms. The molecule has 0 bridgehead atoms. The van der Waals surface area contributed by atoms with Crippen molar-refractivity contribution in [2.75, 3.05) is 13.1 Å². The molecule has 0 aromatic rings. The van der Waals surface area contributed by atoms with E-state index in [4.69, 9.17) is 4.74 Å². The molecule has 2 N–H and O–H groups in total. The second kappa shape index (κ2) is 9.12. The molecule has 0 saturated carbocycles. The zero-order valence-corrected chi connectivity index (χ0v) is 13.9. The van der Waals surface area contributed by atoms with Crippen molar-refractivity contribution < 1.29 is 23.9 Å². The van der Waals surface area contributed by atoms with Crippen LogP contribution < -0.4 is 10.6 Å². The Balaban J connectivity index is 2.41. The first-order chi connectivity index (χ1) is 10.8. The second-order valence-electron chi connectivity index (χ2n) is 5.88. The van der Waals surface area contributed by atoms with Gasteiger partial charge in [-0.15, -0.1) is 0 Å². The van der Waals surface area contributed by atoms with Crippen LogP contribution in [0, 0.1) is 0 Å². The highest BCUT2D eigenvalue weighted by atomic mass is 16.5. The molecule has 1 heterocycles. The second-order valence-corrected chi connectivity index (χ2v) is 5.88. The lowest BCUT2D eigenvalue weighted by molar-refractivity contribution is -0.157. The van der Waals surface area contributed by atoms with E-state index in [0.717, 1.165) is 19.3 Å². The number of urea groups is 1. The molecule has 0 aromatic heterocycles. The first kappa shape index (κ1) is 18.9. The maximum Gasteiger partial charge on any atom is 0.326 e. The molecule has 1 aliphatic heterocycles. The van der Waals surface area contributed by atoms with E-state index in [0.29, 0.717) is 13.0 Å². The summed E-state index contributed by atoms with van der Waals surface area (Å²) < 4.78 is 4.99. The predicted octanol–water partition coefficient (Wildman–Crippen LogP) is 0.555. The highest BCUT2D eigenvalue weighted by Gasteiger charge is 2.24. The molecule has 8 nitrogen and oxygen atoms in total. The molecule has 1 aliphatic rings. The minimum absolute atomic E-state index is 0.0761. The quantitative estimate of drug-likeness (QED) is 0.718. The zero-order chi connectivity index (χ0) is 17.4. The number of ether oxygens (including phenoxy) is 1. The average Bonchev–Trinajstić information content (AvgIpc) is 2.62. The van der Waals surface area contributed by atoms with Gasteiger partial charge in [-0.1, -0.05) is 6.42 Å². The fourth-order valence-corrected chi connectivity index (χ4v) is 2.16. The lowest BCUT2D eigenvalue weighted by Crippen LogP contribution is -2.47. The Hall–Kier alpha value is -2.12. The summed E-state index contributed by atoms with van der Waals surface area (Å²) in [5, 5.41) is 4.59. The van der Waals surface area contributed by atoms with Crippen LogP contribution in [0.2, 0.25) is 0 Å². The summed E-state index contributed by atoms with van der Waals surface area (Å²) in [6, 6.07) is -0.759. The molecule has 130 valence electrons. The summed E-state index contributed by atoms with van der Waals surface area (Å²) in [7, 11) is 0. The summed E-state index contributed by atoms with van der Waals surface area (Å²) in [5.74, 6) is -1.45.